The van der Waals surface area contributed by atoms with E-state index in [-0.39, 0.29) is 5.54 Å². The predicted octanol–water partition coefficient (Wildman–Crippen LogP) is 1.08. The van der Waals surface area contributed by atoms with Crippen molar-refractivity contribution in [1.82, 2.24) is 9.97 Å². The topological polar surface area (TPSA) is 56.3 Å². The smallest absolute Gasteiger partial charge is 0.226 e. The van der Waals surface area contributed by atoms with E-state index in [2.05, 4.69) is 15.3 Å². The highest BCUT2D eigenvalue weighted by molar-refractivity contribution is 5.38. The minimum absolute atomic E-state index is 0.102. The van der Waals surface area contributed by atoms with E-state index in [9.17, 15) is 0 Å². The number of nitrogens with zero attached hydrogens (tertiary/aromatic N) is 2. The Morgan fingerprint density at radius 3 is 3.31 bits per heavy atom. The Hall–Kier alpha value is -1.36. The molecule has 1 aromatic rings. The van der Waals surface area contributed by atoms with Crippen LogP contribution in [-0.4, -0.2) is 35.3 Å². The van der Waals surface area contributed by atoms with Crippen LogP contribution in [0.15, 0.2) is 12.3 Å². The van der Waals surface area contributed by atoms with E-state index in [1.807, 2.05) is 6.92 Å². The molecule has 2 fully saturated rings. The largest absolute Gasteiger partial charge is 0.478 e. The Kier molecular flexibility index (Phi) is 2.21. The molecule has 2 aliphatic rings. The van der Waals surface area contributed by atoms with Crippen molar-refractivity contribution in [3.05, 3.63) is 12.3 Å². The predicted molar refractivity (Wildman–Crippen MR) is 58.5 cm³/mol. The average molecular weight is 221 g/mol. The first-order valence-corrected chi connectivity index (χ1v) is 5.64. The Labute approximate surface area is 94.2 Å². The summed E-state index contributed by atoms with van der Waals surface area (Å²) in [5, 5.41) is 3.36. The molecule has 2 atom stereocenters. The van der Waals surface area contributed by atoms with Crippen LogP contribution in [-0.2, 0) is 4.74 Å². The lowest BCUT2D eigenvalue weighted by Crippen LogP contribution is -2.26. The van der Waals surface area contributed by atoms with E-state index in [0.717, 1.165) is 19.6 Å². The Bertz CT molecular complexity index is 399. The number of aromatic nitrogens is 2. The Morgan fingerprint density at radius 2 is 2.62 bits per heavy atom. The second-order valence-corrected chi connectivity index (χ2v) is 4.35. The van der Waals surface area contributed by atoms with Gasteiger partial charge in [0.2, 0.25) is 11.8 Å². The molecule has 5 heteroatoms. The maximum absolute atomic E-state index is 5.41. The molecule has 3 rings (SSSR count). The minimum atomic E-state index is 0.102. The monoisotopic (exact) mass is 221 g/mol. The summed E-state index contributed by atoms with van der Waals surface area (Å²) >= 11 is 0. The fourth-order valence-corrected chi connectivity index (χ4v) is 2.20. The van der Waals surface area contributed by atoms with Crippen molar-refractivity contribution in [3.63, 3.8) is 0 Å². The van der Waals surface area contributed by atoms with Gasteiger partial charge in [-0.2, -0.15) is 4.98 Å². The molecule has 86 valence electrons. The quantitative estimate of drug-likeness (QED) is 0.824. The van der Waals surface area contributed by atoms with Gasteiger partial charge in [-0.1, -0.05) is 0 Å². The summed E-state index contributed by atoms with van der Waals surface area (Å²) < 4.78 is 10.7. The summed E-state index contributed by atoms with van der Waals surface area (Å²) in [5.41, 5.74) is 0.102. The Morgan fingerprint density at radius 1 is 1.69 bits per heavy atom. The average Bonchev–Trinajstić information content (AvgIpc) is 2.80. The molecule has 5 nitrogen and oxygen atoms in total. The van der Waals surface area contributed by atoms with Crippen molar-refractivity contribution >= 4 is 5.95 Å². The third-order valence-corrected chi connectivity index (χ3v) is 3.19. The van der Waals surface area contributed by atoms with Crippen LogP contribution in [0.5, 0.6) is 5.88 Å². The molecule has 0 bridgehead atoms. The lowest BCUT2D eigenvalue weighted by Gasteiger charge is -2.13. The van der Waals surface area contributed by atoms with E-state index < -0.39 is 0 Å². The minimum Gasteiger partial charge on any atom is -0.478 e. The zero-order chi connectivity index (χ0) is 11.0. The van der Waals surface area contributed by atoms with Crippen molar-refractivity contribution in [3.8, 4) is 5.88 Å². The number of hydrogen-bond donors (Lipinski definition) is 1. The number of fused-ring (bicyclic) bond motifs is 1. The molecule has 1 aliphatic carbocycles. The standard InChI is InChI=1S/C11H15N3O2/c1-2-16-9-3-4-12-10(13-9)14-11-5-8(11)6-15-7-11/h3-4,8H,2,5-7H2,1H3,(H,12,13,14)/t8-,11-/m0/s1. The molecular weight excluding hydrogens is 206 g/mol. The van der Waals surface area contributed by atoms with Crippen molar-refractivity contribution in [2.24, 2.45) is 5.92 Å². The van der Waals surface area contributed by atoms with Gasteiger partial charge >= 0.3 is 0 Å². The lowest BCUT2D eigenvalue weighted by atomic mass is 10.2. The number of nitrogens with one attached hydrogen (secondary N) is 1. The van der Waals surface area contributed by atoms with Crippen LogP contribution in [0.25, 0.3) is 0 Å². The van der Waals surface area contributed by atoms with Crippen LogP contribution in [0.3, 0.4) is 0 Å². The van der Waals surface area contributed by atoms with Gasteiger partial charge in [-0.15, -0.1) is 0 Å². The molecule has 0 aromatic carbocycles. The molecule has 1 N–H and O–H groups in total. The highest BCUT2D eigenvalue weighted by Crippen LogP contribution is 2.50. The van der Waals surface area contributed by atoms with Crippen LogP contribution in [0.2, 0.25) is 0 Å². The fourth-order valence-electron chi connectivity index (χ4n) is 2.20. The van der Waals surface area contributed by atoms with Gasteiger partial charge < -0.3 is 14.8 Å². The third kappa shape index (κ3) is 1.61. The van der Waals surface area contributed by atoms with E-state index >= 15 is 0 Å². The molecule has 0 spiro atoms. The SMILES string of the molecule is CCOc1ccnc(N[C@@]23COC[C@@H]2C3)n1. The van der Waals surface area contributed by atoms with Gasteiger partial charge in [-0.25, -0.2) is 4.98 Å². The van der Waals surface area contributed by atoms with Gasteiger partial charge in [0.25, 0.3) is 0 Å². The normalized spacial score (nSPS) is 30.9. The van der Waals surface area contributed by atoms with Gasteiger partial charge in [-0.05, 0) is 13.3 Å². The van der Waals surface area contributed by atoms with Crippen molar-refractivity contribution < 1.29 is 9.47 Å². The van der Waals surface area contributed by atoms with Gasteiger partial charge in [0, 0.05) is 18.2 Å². The van der Waals surface area contributed by atoms with Crippen LogP contribution in [0.1, 0.15) is 13.3 Å². The first-order chi connectivity index (χ1) is 7.82. The summed E-state index contributed by atoms with van der Waals surface area (Å²) in [6.07, 6.45) is 2.87. The molecule has 16 heavy (non-hydrogen) atoms. The lowest BCUT2D eigenvalue weighted by molar-refractivity contribution is 0.163. The van der Waals surface area contributed by atoms with Crippen LogP contribution in [0, 0.1) is 5.92 Å². The zero-order valence-corrected chi connectivity index (χ0v) is 9.27. The highest BCUT2D eigenvalue weighted by atomic mass is 16.5. The zero-order valence-electron chi connectivity index (χ0n) is 9.27. The maximum atomic E-state index is 5.41. The molecule has 1 aromatic heterocycles. The van der Waals surface area contributed by atoms with Crippen molar-refractivity contribution in [2.75, 3.05) is 25.1 Å². The summed E-state index contributed by atoms with van der Waals surface area (Å²) in [5.74, 6) is 1.89. The van der Waals surface area contributed by atoms with Crippen LogP contribution >= 0.6 is 0 Å². The second-order valence-electron chi connectivity index (χ2n) is 4.35. The van der Waals surface area contributed by atoms with E-state index in [4.69, 9.17) is 9.47 Å². The molecule has 1 saturated carbocycles. The molecular formula is C11H15N3O2. The first kappa shape index (κ1) is 9.84. The summed E-state index contributed by atoms with van der Waals surface area (Å²) in [6.45, 7) is 4.18. The summed E-state index contributed by atoms with van der Waals surface area (Å²) in [7, 11) is 0. The maximum Gasteiger partial charge on any atom is 0.226 e. The number of hydrogen-bond acceptors (Lipinski definition) is 5. The fraction of sp³-hybridized carbons (Fsp3) is 0.636. The van der Waals surface area contributed by atoms with Gasteiger partial charge in [0.1, 0.15) is 0 Å². The van der Waals surface area contributed by atoms with Crippen molar-refractivity contribution in [2.45, 2.75) is 18.9 Å². The summed E-state index contributed by atoms with van der Waals surface area (Å²) in [6, 6.07) is 1.77. The molecule has 1 aliphatic heterocycles. The third-order valence-electron chi connectivity index (χ3n) is 3.19. The van der Waals surface area contributed by atoms with Crippen LogP contribution in [0.4, 0.5) is 5.95 Å². The highest BCUT2D eigenvalue weighted by Gasteiger charge is 2.59. The summed E-state index contributed by atoms with van der Waals surface area (Å²) in [4.78, 5) is 8.50. The Balaban J connectivity index is 1.72. The molecule has 1 saturated heterocycles. The number of anilines is 1. The number of rotatable bonds is 4. The van der Waals surface area contributed by atoms with E-state index in [1.54, 1.807) is 12.3 Å². The first-order valence-electron chi connectivity index (χ1n) is 5.64. The molecule has 0 unspecified atom stereocenters. The molecule has 0 amide bonds. The molecule has 2 heterocycles. The van der Waals surface area contributed by atoms with Crippen molar-refractivity contribution in [1.29, 1.82) is 0 Å². The van der Waals surface area contributed by atoms with E-state index in [1.165, 1.54) is 0 Å². The second kappa shape index (κ2) is 3.59. The van der Waals surface area contributed by atoms with Gasteiger partial charge in [0.05, 0.1) is 25.4 Å². The van der Waals surface area contributed by atoms with Crippen LogP contribution < -0.4 is 10.1 Å². The van der Waals surface area contributed by atoms with Gasteiger partial charge in [0.15, 0.2) is 0 Å². The van der Waals surface area contributed by atoms with Gasteiger partial charge in [-0.3, -0.25) is 0 Å². The number of ether oxygens (including phenoxy) is 2. The van der Waals surface area contributed by atoms with E-state index in [0.29, 0.717) is 24.4 Å². The molecule has 0 radical (unpaired) electrons.